The first-order valence-electron chi connectivity index (χ1n) is 15.8. The van der Waals surface area contributed by atoms with Crippen LogP contribution in [0, 0.1) is 0 Å². The van der Waals surface area contributed by atoms with Crippen molar-refractivity contribution in [3.8, 4) is 11.4 Å². The van der Waals surface area contributed by atoms with Crippen LogP contribution in [0.4, 0.5) is 4.79 Å². The van der Waals surface area contributed by atoms with E-state index in [0.717, 1.165) is 11.1 Å². The third kappa shape index (κ3) is 10.9. The second-order valence-electron chi connectivity index (χ2n) is 12.7. The minimum absolute atomic E-state index is 0.0861. The molecule has 0 radical (unpaired) electrons. The number of halogens is 3. The summed E-state index contributed by atoms with van der Waals surface area (Å²) in [7, 11) is 1.53. The average Bonchev–Trinajstić information content (AvgIpc) is 3.06. The second kappa shape index (κ2) is 17.0. The number of carbonyl (C=O) groups excluding carboxylic acids is 3. The quantitative estimate of drug-likeness (QED) is 0.233. The van der Waals surface area contributed by atoms with Crippen molar-refractivity contribution >= 4 is 57.0 Å². The Bertz CT molecular complexity index is 1710. The van der Waals surface area contributed by atoms with Gasteiger partial charge in [0, 0.05) is 13.6 Å². The number of hydrogen-bond acceptors (Lipinski definition) is 10. The van der Waals surface area contributed by atoms with Crippen molar-refractivity contribution in [1.82, 2.24) is 35.1 Å². The summed E-state index contributed by atoms with van der Waals surface area (Å²) < 4.78 is 18.0. The fourth-order valence-corrected chi connectivity index (χ4v) is 6.30. The molecule has 2 fully saturated rings. The van der Waals surface area contributed by atoms with Gasteiger partial charge in [0.25, 0.3) is 5.91 Å². The maximum atomic E-state index is 12.3. The fraction of sp³-hybridized carbons (Fsp3) is 0.441. The molecule has 268 valence electrons. The largest absolute Gasteiger partial charge is 0.444 e. The molecule has 16 heteroatoms. The molecule has 5 heterocycles. The minimum Gasteiger partial charge on any atom is -0.444 e. The summed E-state index contributed by atoms with van der Waals surface area (Å²) in [5, 5.41) is 3.16. The maximum absolute atomic E-state index is 12.3. The van der Waals surface area contributed by atoms with Gasteiger partial charge in [-0.1, -0.05) is 29.8 Å². The second-order valence-corrected chi connectivity index (χ2v) is 14.3. The van der Waals surface area contributed by atoms with Crippen LogP contribution in [0.2, 0.25) is 10.3 Å². The molecule has 3 aromatic rings. The lowest BCUT2D eigenvalue weighted by Crippen LogP contribution is -2.47. The fourth-order valence-electron chi connectivity index (χ4n) is 5.31. The van der Waals surface area contributed by atoms with Crippen LogP contribution >= 0.6 is 39.1 Å². The van der Waals surface area contributed by atoms with E-state index >= 15 is 0 Å². The number of pyridine rings is 2. The average molecular weight is 794 g/mol. The summed E-state index contributed by atoms with van der Waals surface area (Å²) in [4.78, 5) is 56.0. The van der Waals surface area contributed by atoms with E-state index in [0.29, 0.717) is 47.3 Å². The van der Waals surface area contributed by atoms with Crippen LogP contribution in [0.3, 0.4) is 0 Å². The third-order valence-electron chi connectivity index (χ3n) is 7.39. The molecule has 3 amide bonds. The van der Waals surface area contributed by atoms with Crippen LogP contribution in [-0.2, 0) is 19.0 Å². The smallest absolute Gasteiger partial charge is 0.410 e. The van der Waals surface area contributed by atoms with E-state index in [2.05, 4.69) is 47.8 Å². The molecule has 50 heavy (non-hydrogen) atoms. The Morgan fingerprint density at radius 2 is 1.48 bits per heavy atom. The van der Waals surface area contributed by atoms with Gasteiger partial charge < -0.3 is 29.3 Å². The minimum atomic E-state index is -0.517. The lowest BCUT2D eigenvalue weighted by Gasteiger charge is -2.37. The Kier molecular flexibility index (Phi) is 13.3. The molecule has 2 aliphatic heterocycles. The zero-order valence-electron chi connectivity index (χ0n) is 28.7. The van der Waals surface area contributed by atoms with Crippen LogP contribution in [-0.4, -0.2) is 98.7 Å². The van der Waals surface area contributed by atoms with Crippen molar-refractivity contribution < 1.29 is 28.6 Å². The van der Waals surface area contributed by atoms with E-state index in [1.165, 1.54) is 19.5 Å². The predicted molar refractivity (Wildman–Crippen MR) is 192 cm³/mol. The number of hydrogen-bond donors (Lipinski definition) is 1. The zero-order valence-corrected chi connectivity index (χ0v) is 31.8. The molecule has 3 aromatic heterocycles. The number of amides is 3. The monoisotopic (exact) mass is 791 g/mol. The number of aromatic nitrogens is 4. The van der Waals surface area contributed by atoms with Gasteiger partial charge in [-0.05, 0) is 98.1 Å². The van der Waals surface area contributed by atoms with Crippen molar-refractivity contribution in [2.75, 3.05) is 33.2 Å². The molecular formula is C34H40BrCl2N7O6. The number of carbonyl (C=O) groups is 3. The Hall–Kier alpha value is -3.69. The molecule has 1 N–H and O–H groups in total. The predicted octanol–water partition coefficient (Wildman–Crippen LogP) is 6.22. The molecule has 0 unspecified atom stereocenters. The van der Waals surface area contributed by atoms with Crippen LogP contribution in [0.1, 0.15) is 68.4 Å². The van der Waals surface area contributed by atoms with Gasteiger partial charge in [-0.3, -0.25) is 9.59 Å². The topological polar surface area (TPSA) is 149 Å². The van der Waals surface area contributed by atoms with E-state index < -0.39 is 5.60 Å². The SMILES string of the molecule is C=CC(=O)N1C[C@H](C)O[C@@H](c2cc(Cl)nc(-c3cc(C(=O)NC)ncn3)c2)C1.C[C@H]1CN(C(=O)OC(C)(C)C)C[C@H](c2cc(Cl)nc(Br)c2)O1. The summed E-state index contributed by atoms with van der Waals surface area (Å²) in [6, 6.07) is 8.63. The van der Waals surface area contributed by atoms with Gasteiger partial charge in [-0.2, -0.15) is 0 Å². The highest BCUT2D eigenvalue weighted by molar-refractivity contribution is 9.10. The van der Waals surface area contributed by atoms with Crippen molar-refractivity contribution in [3.05, 3.63) is 81.0 Å². The summed E-state index contributed by atoms with van der Waals surface area (Å²) in [6.07, 6.45) is 1.41. The third-order valence-corrected chi connectivity index (χ3v) is 8.19. The van der Waals surface area contributed by atoms with E-state index in [9.17, 15) is 14.4 Å². The highest BCUT2D eigenvalue weighted by Crippen LogP contribution is 2.31. The summed E-state index contributed by atoms with van der Waals surface area (Å²) >= 11 is 15.5. The van der Waals surface area contributed by atoms with Crippen LogP contribution in [0.15, 0.2) is 53.9 Å². The molecule has 0 saturated carbocycles. The lowest BCUT2D eigenvalue weighted by molar-refractivity contribution is -0.139. The maximum Gasteiger partial charge on any atom is 0.410 e. The van der Waals surface area contributed by atoms with Crippen molar-refractivity contribution in [2.45, 2.75) is 64.6 Å². The van der Waals surface area contributed by atoms with Gasteiger partial charge >= 0.3 is 6.09 Å². The first kappa shape index (κ1) is 39.1. The number of nitrogens with zero attached hydrogens (tertiary/aromatic N) is 6. The number of ether oxygens (including phenoxy) is 3. The van der Waals surface area contributed by atoms with Gasteiger partial charge in [0.2, 0.25) is 5.91 Å². The Labute approximate surface area is 309 Å². The number of rotatable bonds is 5. The molecular weight excluding hydrogens is 753 g/mol. The van der Waals surface area contributed by atoms with Crippen LogP contribution in [0.5, 0.6) is 0 Å². The molecule has 4 atom stereocenters. The lowest BCUT2D eigenvalue weighted by atomic mass is 10.1. The summed E-state index contributed by atoms with van der Waals surface area (Å²) in [5.74, 6) is -0.472. The number of morpholine rings is 2. The standard InChI is InChI=1S/C19H20ClN5O3.C15H20BrClN2O3/c1-4-18(26)25-8-11(2)28-16(9-25)12-5-14(24-17(20)6-12)13-7-15(19(27)21-3)23-10-22-13;1-9-7-19(14(20)22-15(2,3)4)8-11(21-9)10-5-12(16)18-13(17)6-10/h4-7,10-11,16H,1,8-9H2,2-3H3,(H,21,27);5-6,9,11H,7-8H2,1-4H3/t11-,16+;9-,11+/m00/s1. The van der Waals surface area contributed by atoms with Gasteiger partial charge in [-0.15, -0.1) is 0 Å². The van der Waals surface area contributed by atoms with Crippen LogP contribution in [0.25, 0.3) is 11.4 Å². The van der Waals surface area contributed by atoms with Crippen molar-refractivity contribution in [1.29, 1.82) is 0 Å². The Morgan fingerprint density at radius 3 is 2.06 bits per heavy atom. The normalized spacial score (nSPS) is 20.7. The first-order chi connectivity index (χ1) is 23.5. The first-order valence-corrected chi connectivity index (χ1v) is 17.3. The van der Waals surface area contributed by atoms with E-state index in [1.54, 1.807) is 34.1 Å². The van der Waals surface area contributed by atoms with E-state index in [-0.39, 0.29) is 53.2 Å². The summed E-state index contributed by atoms with van der Waals surface area (Å²) in [6.45, 7) is 14.7. The van der Waals surface area contributed by atoms with Gasteiger partial charge in [0.15, 0.2) is 0 Å². The molecule has 13 nitrogen and oxygen atoms in total. The molecule has 2 saturated heterocycles. The zero-order chi connectivity index (χ0) is 36.7. The van der Waals surface area contributed by atoms with Crippen molar-refractivity contribution in [3.63, 3.8) is 0 Å². The Morgan fingerprint density at radius 1 is 0.900 bits per heavy atom. The van der Waals surface area contributed by atoms with Crippen molar-refractivity contribution in [2.24, 2.45) is 0 Å². The molecule has 0 spiro atoms. The van der Waals surface area contributed by atoms with Gasteiger partial charge in [0.05, 0.1) is 43.2 Å². The van der Waals surface area contributed by atoms with Gasteiger partial charge in [-0.25, -0.2) is 24.7 Å². The highest BCUT2D eigenvalue weighted by atomic mass is 79.9. The molecule has 0 aliphatic carbocycles. The molecule has 0 bridgehead atoms. The molecule has 2 aliphatic rings. The van der Waals surface area contributed by atoms with E-state index in [4.69, 9.17) is 37.4 Å². The summed E-state index contributed by atoms with van der Waals surface area (Å²) in [5.41, 5.74) is 2.30. The van der Waals surface area contributed by atoms with E-state index in [1.807, 2.05) is 40.7 Å². The Balaban J connectivity index is 0.000000232. The molecule has 0 aromatic carbocycles. The number of nitrogens with one attached hydrogen (secondary N) is 1. The van der Waals surface area contributed by atoms with Crippen LogP contribution < -0.4 is 5.32 Å². The molecule has 5 rings (SSSR count). The highest BCUT2D eigenvalue weighted by Gasteiger charge is 2.33. The van der Waals surface area contributed by atoms with Gasteiger partial charge in [0.1, 0.15) is 44.7 Å².